The summed E-state index contributed by atoms with van der Waals surface area (Å²) in [6, 6.07) is 16.9. The number of hydrogen-bond acceptors (Lipinski definition) is 7. The van der Waals surface area contributed by atoms with Gasteiger partial charge in [0, 0.05) is 23.9 Å². The third-order valence-electron chi connectivity index (χ3n) is 7.54. The van der Waals surface area contributed by atoms with Gasteiger partial charge in [-0.1, -0.05) is 41.4 Å². The number of sulfonamides is 1. The number of hydrogen-bond donors (Lipinski definition) is 0. The highest BCUT2D eigenvalue weighted by Gasteiger charge is 2.38. The molecule has 1 fully saturated rings. The van der Waals surface area contributed by atoms with Gasteiger partial charge in [-0.05, 0) is 74.7 Å². The number of benzene rings is 2. The average Bonchev–Trinajstić information content (AvgIpc) is 3.72. The summed E-state index contributed by atoms with van der Waals surface area (Å²) in [6.45, 7) is 4.59. The molecule has 1 aromatic heterocycles. The number of allylic oxidation sites excluding steroid dienone is 1. The van der Waals surface area contributed by atoms with E-state index in [1.165, 1.54) is 17.5 Å². The van der Waals surface area contributed by atoms with Crippen molar-refractivity contribution in [3.63, 3.8) is 0 Å². The number of methoxy groups -OCH3 is 1. The summed E-state index contributed by atoms with van der Waals surface area (Å²) in [5.74, 6) is -0.320. The first-order valence-electron chi connectivity index (χ1n) is 13.9. The first-order chi connectivity index (χ1) is 20.6. The van der Waals surface area contributed by atoms with Gasteiger partial charge in [-0.3, -0.25) is 4.79 Å². The molecule has 0 radical (unpaired) electrons. The summed E-state index contributed by atoms with van der Waals surface area (Å²) in [5, 5.41) is 0.548. The summed E-state index contributed by atoms with van der Waals surface area (Å²) in [7, 11) is -2.65. The third kappa shape index (κ3) is 6.78. The third-order valence-corrected chi connectivity index (χ3v) is 9.60. The summed E-state index contributed by atoms with van der Waals surface area (Å²) in [6.07, 6.45) is 3.15. The van der Waals surface area contributed by atoms with Crippen LogP contribution in [0.2, 0.25) is 5.02 Å². The van der Waals surface area contributed by atoms with Crippen molar-refractivity contribution in [2.45, 2.75) is 50.8 Å². The number of nitrogens with zero attached hydrogens (tertiary/aromatic N) is 2. The van der Waals surface area contributed by atoms with Gasteiger partial charge in [0.15, 0.2) is 0 Å². The van der Waals surface area contributed by atoms with Crippen LogP contribution in [0.15, 0.2) is 86.8 Å². The molecule has 1 atom stereocenters. The second-order valence-electron chi connectivity index (χ2n) is 10.6. The molecule has 1 saturated heterocycles. The molecule has 43 heavy (non-hydrogen) atoms. The van der Waals surface area contributed by atoms with Crippen molar-refractivity contribution in [1.29, 1.82) is 0 Å². The zero-order chi connectivity index (χ0) is 30.7. The van der Waals surface area contributed by atoms with E-state index >= 15 is 0 Å². The van der Waals surface area contributed by atoms with E-state index in [-0.39, 0.29) is 41.1 Å². The largest absolute Gasteiger partial charge is 0.465 e. The molecule has 0 bridgehead atoms. The molecule has 0 spiro atoms. The van der Waals surface area contributed by atoms with Crippen molar-refractivity contribution in [1.82, 2.24) is 9.21 Å². The number of furan rings is 1. The number of esters is 1. The molecule has 11 heteroatoms. The van der Waals surface area contributed by atoms with Crippen molar-refractivity contribution in [3.05, 3.63) is 105 Å². The van der Waals surface area contributed by atoms with Gasteiger partial charge in [-0.2, -0.15) is 4.31 Å². The molecule has 0 unspecified atom stereocenters. The van der Waals surface area contributed by atoms with E-state index < -0.39 is 16.0 Å². The monoisotopic (exact) mass is 624 g/mol. The molecule has 3 aromatic rings. The minimum Gasteiger partial charge on any atom is -0.465 e. The molecule has 226 valence electrons. The van der Waals surface area contributed by atoms with Crippen LogP contribution in [0, 0.1) is 6.92 Å². The maximum atomic E-state index is 13.7. The highest BCUT2D eigenvalue weighted by atomic mass is 35.5. The minimum absolute atomic E-state index is 0.0696. The van der Waals surface area contributed by atoms with Gasteiger partial charge in [-0.25, -0.2) is 13.2 Å². The lowest BCUT2D eigenvalue weighted by molar-refractivity contribution is -0.136. The van der Waals surface area contributed by atoms with Crippen LogP contribution in [-0.2, 0) is 42.2 Å². The lowest BCUT2D eigenvalue weighted by Crippen LogP contribution is -2.33. The van der Waals surface area contributed by atoms with E-state index in [0.717, 1.165) is 24.0 Å². The topological polar surface area (TPSA) is 106 Å². The van der Waals surface area contributed by atoms with Crippen molar-refractivity contribution in [2.75, 3.05) is 20.3 Å². The highest BCUT2D eigenvalue weighted by molar-refractivity contribution is 7.89. The van der Waals surface area contributed by atoms with Gasteiger partial charge in [0.1, 0.15) is 11.5 Å². The Morgan fingerprint density at radius 1 is 1.07 bits per heavy atom. The zero-order valence-electron chi connectivity index (χ0n) is 24.2. The summed E-state index contributed by atoms with van der Waals surface area (Å²) in [5.41, 5.74) is 2.49. The van der Waals surface area contributed by atoms with E-state index in [1.807, 2.05) is 6.92 Å². The van der Waals surface area contributed by atoms with Crippen LogP contribution in [0.5, 0.6) is 0 Å². The Labute approximate surface area is 256 Å². The van der Waals surface area contributed by atoms with Gasteiger partial charge >= 0.3 is 5.97 Å². The number of amides is 1. The van der Waals surface area contributed by atoms with Gasteiger partial charge in [-0.15, -0.1) is 0 Å². The van der Waals surface area contributed by atoms with Crippen LogP contribution in [0.3, 0.4) is 0 Å². The van der Waals surface area contributed by atoms with Gasteiger partial charge in [0.05, 0.1) is 42.3 Å². The summed E-state index contributed by atoms with van der Waals surface area (Å²) in [4.78, 5) is 27.9. The Hall–Kier alpha value is -3.70. The Bertz CT molecular complexity index is 1670. The van der Waals surface area contributed by atoms with Crippen LogP contribution in [0.25, 0.3) is 6.08 Å². The van der Waals surface area contributed by atoms with E-state index in [0.29, 0.717) is 35.4 Å². The van der Waals surface area contributed by atoms with E-state index in [4.69, 9.17) is 25.5 Å². The van der Waals surface area contributed by atoms with Crippen LogP contribution >= 0.6 is 11.6 Å². The van der Waals surface area contributed by atoms with Gasteiger partial charge in [0.2, 0.25) is 10.0 Å². The summed E-state index contributed by atoms with van der Waals surface area (Å²) < 4.78 is 45.5. The maximum Gasteiger partial charge on any atom is 0.340 e. The Morgan fingerprint density at radius 2 is 1.79 bits per heavy atom. The summed E-state index contributed by atoms with van der Waals surface area (Å²) >= 11 is 6.04. The Balaban J connectivity index is 1.44. The predicted molar refractivity (Wildman–Crippen MR) is 161 cm³/mol. The van der Waals surface area contributed by atoms with Crippen LogP contribution in [-0.4, -0.2) is 55.9 Å². The highest BCUT2D eigenvalue weighted by Crippen LogP contribution is 2.33. The first-order valence-corrected chi connectivity index (χ1v) is 15.7. The Morgan fingerprint density at radius 3 is 2.44 bits per heavy atom. The number of carbonyl (C=O) groups excluding carboxylic acids is 2. The predicted octanol–water partition coefficient (Wildman–Crippen LogP) is 5.48. The van der Waals surface area contributed by atoms with E-state index in [1.54, 1.807) is 72.5 Å². The normalized spacial score (nSPS) is 18.3. The van der Waals surface area contributed by atoms with Crippen LogP contribution < -0.4 is 0 Å². The van der Waals surface area contributed by atoms with Crippen molar-refractivity contribution in [2.24, 2.45) is 0 Å². The molecule has 0 N–H and O–H groups in total. The smallest absolute Gasteiger partial charge is 0.340 e. The minimum atomic E-state index is -3.91. The van der Waals surface area contributed by atoms with Gasteiger partial charge < -0.3 is 18.8 Å². The number of ether oxygens (including phenoxy) is 2. The van der Waals surface area contributed by atoms with Crippen molar-refractivity contribution < 1.29 is 31.9 Å². The van der Waals surface area contributed by atoms with Gasteiger partial charge in [0.25, 0.3) is 5.91 Å². The molecule has 2 aliphatic rings. The quantitative estimate of drug-likeness (QED) is 0.217. The fraction of sp³-hybridized carbons (Fsp3) is 0.312. The molecule has 2 aromatic carbocycles. The molecule has 0 aliphatic carbocycles. The number of rotatable bonds is 10. The average molecular weight is 625 g/mol. The van der Waals surface area contributed by atoms with E-state index in [9.17, 15) is 18.0 Å². The number of halogens is 1. The second-order valence-corrected chi connectivity index (χ2v) is 13.0. The SMILES string of the molecule is COC(=O)C1=C(C)N(C[C@@H]2CCCO2)C(=O)/C1=C/c1ccc(CN(Cc2ccc(Cl)cc2)S(=O)(=O)c2ccc(C)cc2)o1. The van der Waals surface area contributed by atoms with Crippen molar-refractivity contribution >= 4 is 39.6 Å². The van der Waals surface area contributed by atoms with Crippen LogP contribution in [0.1, 0.15) is 42.4 Å². The van der Waals surface area contributed by atoms with E-state index in [2.05, 4.69) is 0 Å². The molecule has 1 amide bonds. The Kier molecular flexibility index (Phi) is 9.22. The lowest BCUT2D eigenvalue weighted by Gasteiger charge is -2.21. The molecule has 3 heterocycles. The fourth-order valence-electron chi connectivity index (χ4n) is 5.19. The number of carbonyl (C=O) groups is 2. The lowest BCUT2D eigenvalue weighted by atomic mass is 10.1. The molecule has 2 aliphatic heterocycles. The molecular weight excluding hydrogens is 592 g/mol. The molecule has 9 nitrogen and oxygen atoms in total. The fourth-order valence-corrected chi connectivity index (χ4v) is 6.71. The molecule has 0 saturated carbocycles. The standard InChI is InChI=1S/C32H33ClN2O7S/c1-21-6-14-28(15-7-21)43(38,39)34(18-23-8-10-24(33)11-9-23)19-27-13-12-25(42-27)17-29-30(32(37)40-3)22(2)35(31(29)36)20-26-5-4-16-41-26/h6-15,17,26H,4-5,16,18-20H2,1-3H3/b29-17+/t26-/m0/s1. The first kappa shape index (κ1) is 30.7. The molecular formula is C32H33ClN2O7S. The van der Waals surface area contributed by atoms with Crippen LogP contribution in [0.4, 0.5) is 0 Å². The second kappa shape index (κ2) is 12.9. The maximum absolute atomic E-state index is 13.7. The van der Waals surface area contributed by atoms with Crippen molar-refractivity contribution in [3.8, 4) is 0 Å². The number of aryl methyl sites for hydroxylation is 1. The zero-order valence-corrected chi connectivity index (χ0v) is 25.8. The molecule has 5 rings (SSSR count).